The van der Waals surface area contributed by atoms with Gasteiger partial charge in [0.05, 0.1) is 0 Å². The molecule has 0 N–H and O–H groups in total. The van der Waals surface area contributed by atoms with Crippen LogP contribution in [0.25, 0.3) is 0 Å². The molecule has 0 heterocycles. The topological polar surface area (TPSA) is 0 Å². The second-order valence-electron chi connectivity index (χ2n) is 3.31. The zero-order valence-corrected chi connectivity index (χ0v) is 24.3. The number of halogens is 8. The summed E-state index contributed by atoms with van der Waals surface area (Å²) in [4.78, 5) is 0. The first kappa shape index (κ1) is 21.3. The molecule has 2 aromatic rings. The van der Waals surface area contributed by atoms with Crippen LogP contribution in [-0.4, -0.2) is 0 Å². The molecule has 0 aliphatic heterocycles. The summed E-state index contributed by atoms with van der Waals surface area (Å²) < 4.78 is 9.46. The number of rotatable bonds is 0. The van der Waals surface area contributed by atoms with Crippen LogP contribution < -0.4 is 0 Å². The molecule has 0 aliphatic carbocycles. The maximum Gasteiger partial charge on any atom is 0.0461 e. The van der Waals surface area contributed by atoms with Crippen molar-refractivity contribution >= 4 is 154 Å². The minimum Gasteiger partial charge on any atom is -0.0484 e. The highest BCUT2D eigenvalue weighted by molar-refractivity contribution is 14.1. The molecule has 0 bridgehead atoms. The van der Waals surface area contributed by atoms with Crippen molar-refractivity contribution in [3.05, 3.63) is 56.4 Å². The molecule has 0 atom stereocenters. The molecular weight excluding hydrogens is 971 g/mol. The summed E-state index contributed by atoms with van der Waals surface area (Å²) >= 11 is 23.0. The first-order chi connectivity index (χ1) is 9.25. The molecule has 2 aromatic carbocycles. The summed E-state index contributed by atoms with van der Waals surface area (Å²) in [6, 6.07) is 8.32. The minimum atomic E-state index is 1.14. The van der Waals surface area contributed by atoms with Crippen LogP contribution in [0.1, 0.15) is 0 Å². The van der Waals surface area contributed by atoms with Gasteiger partial charge in [-0.1, -0.05) is 0 Å². The first-order valence-electron chi connectivity index (χ1n) is 4.83. The summed E-state index contributed by atoms with van der Waals surface area (Å²) in [6.45, 7) is 0. The molecule has 0 unspecified atom stereocenters. The quantitative estimate of drug-likeness (QED) is 0.141. The van der Waals surface area contributed by atoms with Crippen LogP contribution in [0.5, 0.6) is 0 Å². The van der Waals surface area contributed by atoms with Crippen molar-refractivity contribution in [2.45, 2.75) is 0 Å². The summed E-state index contributed by atoms with van der Waals surface area (Å²) in [5.74, 6) is 0. The standard InChI is InChI=1S/2C6H2Br2I2/c2*7-5-3(9)1-2-4(10)6(5)8/h2*1-2H. The van der Waals surface area contributed by atoms with Crippen LogP contribution in [0.3, 0.4) is 0 Å². The van der Waals surface area contributed by atoms with E-state index < -0.39 is 0 Å². The van der Waals surface area contributed by atoms with E-state index in [2.05, 4.69) is 178 Å². The second kappa shape index (κ2) is 10.3. The summed E-state index contributed by atoms with van der Waals surface area (Å²) in [6.07, 6.45) is 0. The molecule has 0 aromatic heterocycles. The average molecular weight is 975 g/mol. The van der Waals surface area contributed by atoms with E-state index in [1.54, 1.807) is 0 Å². The van der Waals surface area contributed by atoms with E-state index in [1.807, 2.05) is 0 Å². The third-order valence-electron chi connectivity index (χ3n) is 1.98. The molecule has 0 fully saturated rings. The molecule has 0 saturated heterocycles. The van der Waals surface area contributed by atoms with Gasteiger partial charge in [0.1, 0.15) is 0 Å². The number of benzene rings is 2. The fraction of sp³-hybridized carbons (Fsp3) is 0. The van der Waals surface area contributed by atoms with E-state index in [0.29, 0.717) is 0 Å². The van der Waals surface area contributed by atoms with Gasteiger partial charge in [0.25, 0.3) is 0 Å². The molecule has 0 saturated carbocycles. The first-order valence-corrected chi connectivity index (χ1v) is 12.3. The van der Waals surface area contributed by atoms with Crippen LogP contribution in [-0.2, 0) is 0 Å². The van der Waals surface area contributed by atoms with E-state index in [-0.39, 0.29) is 0 Å². The highest BCUT2D eigenvalue weighted by atomic mass is 127. The minimum absolute atomic E-state index is 1.14. The van der Waals surface area contributed by atoms with Gasteiger partial charge in [0, 0.05) is 32.2 Å². The third kappa shape index (κ3) is 6.30. The lowest BCUT2D eigenvalue weighted by atomic mass is 10.4. The largest absolute Gasteiger partial charge is 0.0484 e. The van der Waals surface area contributed by atoms with E-state index in [0.717, 1.165) is 17.9 Å². The Bertz CT molecular complexity index is 522. The Balaban J connectivity index is 0.000000200. The van der Waals surface area contributed by atoms with Gasteiger partial charge >= 0.3 is 0 Å². The lowest BCUT2D eigenvalue weighted by Gasteiger charge is -2.00. The van der Waals surface area contributed by atoms with Crippen molar-refractivity contribution in [1.82, 2.24) is 0 Å². The zero-order valence-electron chi connectivity index (χ0n) is 9.33. The van der Waals surface area contributed by atoms with E-state index in [1.165, 1.54) is 14.3 Å². The maximum absolute atomic E-state index is 3.47. The number of hydrogen-bond donors (Lipinski definition) is 0. The monoisotopic (exact) mass is 971 g/mol. The smallest absolute Gasteiger partial charge is 0.0461 e. The predicted octanol–water partition coefficient (Wildman–Crippen LogP) is 8.84. The Morgan fingerprint density at radius 2 is 0.600 bits per heavy atom. The van der Waals surface area contributed by atoms with Crippen molar-refractivity contribution in [3.63, 3.8) is 0 Å². The highest BCUT2D eigenvalue weighted by Gasteiger charge is 2.04. The highest BCUT2D eigenvalue weighted by Crippen LogP contribution is 2.32. The van der Waals surface area contributed by atoms with E-state index in [4.69, 9.17) is 0 Å². The van der Waals surface area contributed by atoms with Gasteiger partial charge in [-0.05, 0) is 178 Å². The molecule has 20 heavy (non-hydrogen) atoms. The Morgan fingerprint density at radius 3 is 0.750 bits per heavy atom. The Hall–Kier alpha value is 3.28. The fourth-order valence-electron chi connectivity index (χ4n) is 1.00. The Labute approximate surface area is 206 Å². The van der Waals surface area contributed by atoms with Gasteiger partial charge < -0.3 is 0 Å². The summed E-state index contributed by atoms with van der Waals surface area (Å²) in [5, 5.41) is 0. The van der Waals surface area contributed by atoms with Gasteiger partial charge in [-0.25, -0.2) is 0 Å². The van der Waals surface area contributed by atoms with Crippen molar-refractivity contribution < 1.29 is 0 Å². The Morgan fingerprint density at radius 1 is 0.450 bits per heavy atom. The summed E-state index contributed by atoms with van der Waals surface area (Å²) in [5.41, 5.74) is 0. The van der Waals surface area contributed by atoms with Gasteiger partial charge in [-0.2, -0.15) is 0 Å². The van der Waals surface area contributed by atoms with Gasteiger partial charge in [0.2, 0.25) is 0 Å². The molecule has 0 radical (unpaired) electrons. The molecule has 0 nitrogen and oxygen atoms in total. The van der Waals surface area contributed by atoms with E-state index >= 15 is 0 Å². The summed E-state index contributed by atoms with van der Waals surface area (Å²) in [7, 11) is 0. The average Bonchev–Trinajstić information content (AvgIpc) is 2.43. The van der Waals surface area contributed by atoms with Crippen LogP contribution >= 0.6 is 154 Å². The van der Waals surface area contributed by atoms with Crippen LogP contribution in [0.2, 0.25) is 0 Å². The van der Waals surface area contributed by atoms with Crippen molar-refractivity contribution in [3.8, 4) is 0 Å². The third-order valence-corrected chi connectivity index (χ3v) is 12.9. The zero-order chi connectivity index (χ0) is 15.4. The molecule has 108 valence electrons. The molecule has 8 heteroatoms. The van der Waals surface area contributed by atoms with Crippen molar-refractivity contribution in [2.24, 2.45) is 0 Å². The molecule has 0 aliphatic rings. The van der Waals surface area contributed by atoms with Crippen LogP contribution in [0.4, 0.5) is 0 Å². The molecule has 2 rings (SSSR count). The van der Waals surface area contributed by atoms with Gasteiger partial charge in [0.15, 0.2) is 0 Å². The molecular formula is C12H4Br4I4. The normalized spacial score (nSPS) is 10.0. The Kier molecular flexibility index (Phi) is 11.0. The fourth-order valence-corrected chi connectivity index (χ4v) is 5.67. The van der Waals surface area contributed by atoms with Crippen molar-refractivity contribution in [1.29, 1.82) is 0 Å². The van der Waals surface area contributed by atoms with Crippen molar-refractivity contribution in [2.75, 3.05) is 0 Å². The lowest BCUT2D eigenvalue weighted by Crippen LogP contribution is -1.79. The van der Waals surface area contributed by atoms with E-state index in [9.17, 15) is 0 Å². The second-order valence-corrected chi connectivity index (χ2v) is 11.1. The SMILES string of the molecule is Brc1c(I)ccc(I)c1Br.Brc1c(I)ccc(I)c1Br. The van der Waals surface area contributed by atoms with Crippen LogP contribution in [0, 0.1) is 14.3 Å². The molecule has 0 spiro atoms. The van der Waals surface area contributed by atoms with Gasteiger partial charge in [-0.3, -0.25) is 0 Å². The lowest BCUT2D eigenvalue weighted by molar-refractivity contribution is 1.49. The van der Waals surface area contributed by atoms with Crippen LogP contribution in [0.15, 0.2) is 42.2 Å². The van der Waals surface area contributed by atoms with Gasteiger partial charge in [-0.15, -0.1) is 0 Å². The number of hydrogen-bond acceptors (Lipinski definition) is 0. The maximum atomic E-state index is 3.47. The molecule has 0 amide bonds. The predicted molar refractivity (Wildman–Crippen MR) is 135 cm³/mol.